The second-order valence-corrected chi connectivity index (χ2v) is 6.24. The summed E-state index contributed by atoms with van der Waals surface area (Å²) in [5.74, 6) is -0.0415. The fourth-order valence-electron chi connectivity index (χ4n) is 2.49. The third kappa shape index (κ3) is 6.94. The highest BCUT2D eigenvalue weighted by molar-refractivity contribution is 6.17. The molecule has 5 nitrogen and oxygen atoms in total. The number of ether oxygens (including phenoxy) is 2. The molecule has 0 bridgehead atoms. The van der Waals surface area contributed by atoms with Gasteiger partial charge in [0.25, 0.3) is 0 Å². The average molecular weight is 370 g/mol. The first-order chi connectivity index (χ1) is 12.0. The average Bonchev–Trinajstić information content (AvgIpc) is 2.63. The van der Waals surface area contributed by atoms with Gasteiger partial charge in [-0.25, -0.2) is 9.59 Å². The summed E-state index contributed by atoms with van der Waals surface area (Å²) in [6.07, 6.45) is 0.800. The lowest BCUT2D eigenvalue weighted by atomic mass is 9.97. The molecule has 0 N–H and O–H groups in total. The maximum absolute atomic E-state index is 12.6. The normalized spacial score (nSPS) is 13.0. The van der Waals surface area contributed by atoms with Crippen LogP contribution in [0.4, 0.5) is 4.79 Å². The number of halogens is 1. The van der Waals surface area contributed by atoms with Gasteiger partial charge in [-0.15, -0.1) is 11.6 Å². The number of carbonyl (C=O) groups excluding carboxylic acids is 2. The standard InChI is InChI=1S/C19H28ClNO4/c1-4-15(3)17(18(22)24-5-2)21(13-9-12-20)19(23)25-14-16-10-7-6-8-11-16/h6-8,10-11,15,17H,4-5,9,12-14H2,1-3H3/t15-,17-/m0/s1. The zero-order chi connectivity index (χ0) is 18.7. The second kappa shape index (κ2) is 11.7. The van der Waals surface area contributed by atoms with E-state index in [1.807, 2.05) is 44.2 Å². The molecule has 140 valence electrons. The van der Waals surface area contributed by atoms with E-state index in [9.17, 15) is 9.59 Å². The summed E-state index contributed by atoms with van der Waals surface area (Å²) in [7, 11) is 0. The zero-order valence-electron chi connectivity index (χ0n) is 15.2. The van der Waals surface area contributed by atoms with Crippen molar-refractivity contribution in [3.8, 4) is 0 Å². The minimum absolute atomic E-state index is 0.0429. The quantitative estimate of drug-likeness (QED) is 0.457. The number of nitrogens with zero attached hydrogens (tertiary/aromatic N) is 1. The first-order valence-electron chi connectivity index (χ1n) is 8.75. The summed E-state index contributed by atoms with van der Waals surface area (Å²) in [6, 6.07) is 8.76. The van der Waals surface area contributed by atoms with Crippen LogP contribution in [0, 0.1) is 5.92 Å². The molecule has 1 aromatic carbocycles. The van der Waals surface area contributed by atoms with Gasteiger partial charge in [-0.1, -0.05) is 50.6 Å². The highest BCUT2D eigenvalue weighted by Crippen LogP contribution is 2.19. The first-order valence-corrected chi connectivity index (χ1v) is 9.28. The molecule has 0 radical (unpaired) electrons. The molecule has 1 amide bonds. The molecular weight excluding hydrogens is 342 g/mol. The van der Waals surface area contributed by atoms with E-state index in [0.29, 0.717) is 18.8 Å². The number of esters is 1. The molecule has 0 saturated carbocycles. The van der Waals surface area contributed by atoms with Crippen LogP contribution in [0.25, 0.3) is 0 Å². The molecule has 2 atom stereocenters. The molecule has 0 aliphatic heterocycles. The van der Waals surface area contributed by atoms with E-state index in [0.717, 1.165) is 12.0 Å². The van der Waals surface area contributed by atoms with Crippen LogP contribution in [0.5, 0.6) is 0 Å². The van der Waals surface area contributed by atoms with Crippen molar-refractivity contribution in [2.24, 2.45) is 5.92 Å². The number of alkyl halides is 1. The molecule has 25 heavy (non-hydrogen) atoms. The summed E-state index contributed by atoms with van der Waals surface area (Å²) in [5, 5.41) is 0. The summed E-state index contributed by atoms with van der Waals surface area (Å²) in [5.41, 5.74) is 0.893. The largest absolute Gasteiger partial charge is 0.464 e. The van der Waals surface area contributed by atoms with E-state index < -0.39 is 18.1 Å². The second-order valence-electron chi connectivity index (χ2n) is 5.86. The highest BCUT2D eigenvalue weighted by Gasteiger charge is 2.35. The molecule has 0 fully saturated rings. The van der Waals surface area contributed by atoms with Gasteiger partial charge >= 0.3 is 12.1 Å². The van der Waals surface area contributed by atoms with Crippen LogP contribution in [-0.4, -0.2) is 42.0 Å². The lowest BCUT2D eigenvalue weighted by Gasteiger charge is -2.32. The number of amides is 1. The predicted molar refractivity (Wildman–Crippen MR) is 98.5 cm³/mol. The van der Waals surface area contributed by atoms with Gasteiger partial charge in [-0.2, -0.15) is 0 Å². The minimum atomic E-state index is -0.670. The monoisotopic (exact) mass is 369 g/mol. The third-order valence-electron chi connectivity index (χ3n) is 4.02. The fraction of sp³-hybridized carbons (Fsp3) is 0.579. The summed E-state index contributed by atoms with van der Waals surface area (Å²) in [6.45, 7) is 6.44. The van der Waals surface area contributed by atoms with Crippen molar-refractivity contribution in [2.45, 2.75) is 46.3 Å². The van der Waals surface area contributed by atoms with Crippen molar-refractivity contribution >= 4 is 23.7 Å². The number of hydrogen-bond donors (Lipinski definition) is 0. The van der Waals surface area contributed by atoms with E-state index in [-0.39, 0.29) is 19.1 Å². The molecule has 1 aromatic rings. The number of rotatable bonds is 10. The van der Waals surface area contributed by atoms with E-state index in [2.05, 4.69) is 0 Å². The van der Waals surface area contributed by atoms with Gasteiger partial charge in [0.05, 0.1) is 6.61 Å². The first kappa shape index (κ1) is 21.3. The van der Waals surface area contributed by atoms with Gasteiger partial charge in [0.2, 0.25) is 0 Å². The Morgan fingerprint density at radius 2 is 1.84 bits per heavy atom. The Bertz CT molecular complexity index is 523. The summed E-state index contributed by atoms with van der Waals surface area (Å²) < 4.78 is 10.6. The smallest absolute Gasteiger partial charge is 0.410 e. The van der Waals surface area contributed by atoms with Crippen molar-refractivity contribution < 1.29 is 19.1 Å². The van der Waals surface area contributed by atoms with Gasteiger partial charge in [0.15, 0.2) is 0 Å². The molecule has 0 aliphatic rings. The van der Waals surface area contributed by atoms with E-state index in [4.69, 9.17) is 21.1 Å². The van der Waals surface area contributed by atoms with Crippen molar-refractivity contribution in [1.29, 1.82) is 0 Å². The Labute approximate surface area is 155 Å². The van der Waals surface area contributed by atoms with Crippen molar-refractivity contribution in [2.75, 3.05) is 19.0 Å². The predicted octanol–water partition coefficient (Wildman–Crippen LogP) is 4.23. The number of hydrogen-bond acceptors (Lipinski definition) is 4. The van der Waals surface area contributed by atoms with Gasteiger partial charge < -0.3 is 9.47 Å². The maximum Gasteiger partial charge on any atom is 0.410 e. The Balaban J connectivity index is 2.89. The highest BCUT2D eigenvalue weighted by atomic mass is 35.5. The molecule has 0 saturated heterocycles. The molecule has 0 spiro atoms. The Morgan fingerprint density at radius 1 is 1.16 bits per heavy atom. The van der Waals surface area contributed by atoms with E-state index in [1.165, 1.54) is 4.90 Å². The zero-order valence-corrected chi connectivity index (χ0v) is 16.0. The Morgan fingerprint density at radius 3 is 2.40 bits per heavy atom. The lowest BCUT2D eigenvalue weighted by Crippen LogP contribution is -2.50. The summed E-state index contributed by atoms with van der Waals surface area (Å²) in [4.78, 5) is 26.5. The van der Waals surface area contributed by atoms with Gasteiger partial charge in [0.1, 0.15) is 12.6 Å². The van der Waals surface area contributed by atoms with Gasteiger partial charge in [-0.3, -0.25) is 4.90 Å². The Hall–Kier alpha value is -1.75. The number of benzene rings is 1. The van der Waals surface area contributed by atoms with Gasteiger partial charge in [0, 0.05) is 12.4 Å². The van der Waals surface area contributed by atoms with Crippen LogP contribution in [0.15, 0.2) is 30.3 Å². The molecule has 1 rings (SSSR count). The molecule has 0 aliphatic carbocycles. The molecular formula is C19H28ClNO4. The van der Waals surface area contributed by atoms with Crippen LogP contribution >= 0.6 is 11.6 Å². The van der Waals surface area contributed by atoms with Crippen molar-refractivity contribution in [3.63, 3.8) is 0 Å². The molecule has 0 unspecified atom stereocenters. The van der Waals surface area contributed by atoms with Gasteiger partial charge in [-0.05, 0) is 24.8 Å². The Kier molecular flexibility index (Phi) is 10.0. The SMILES string of the molecule is CCOC(=O)[C@H]([C@@H](C)CC)N(CCCCl)C(=O)OCc1ccccc1. The number of carbonyl (C=O) groups is 2. The van der Waals surface area contributed by atoms with E-state index >= 15 is 0 Å². The molecule has 0 heterocycles. The molecule has 0 aromatic heterocycles. The third-order valence-corrected chi connectivity index (χ3v) is 4.29. The fourth-order valence-corrected chi connectivity index (χ4v) is 2.61. The minimum Gasteiger partial charge on any atom is -0.464 e. The van der Waals surface area contributed by atoms with Crippen LogP contribution in [0.3, 0.4) is 0 Å². The van der Waals surface area contributed by atoms with Crippen molar-refractivity contribution in [1.82, 2.24) is 4.90 Å². The van der Waals surface area contributed by atoms with E-state index in [1.54, 1.807) is 6.92 Å². The van der Waals surface area contributed by atoms with Crippen LogP contribution in [0.2, 0.25) is 0 Å². The topological polar surface area (TPSA) is 55.8 Å². The van der Waals surface area contributed by atoms with Crippen molar-refractivity contribution in [3.05, 3.63) is 35.9 Å². The maximum atomic E-state index is 12.6. The molecule has 6 heteroatoms. The van der Waals surface area contributed by atoms with Crippen LogP contribution < -0.4 is 0 Å². The summed E-state index contributed by atoms with van der Waals surface area (Å²) >= 11 is 5.79. The lowest BCUT2D eigenvalue weighted by molar-refractivity contribution is -0.151. The van der Waals surface area contributed by atoms with Crippen LogP contribution in [0.1, 0.15) is 39.2 Å². The van der Waals surface area contributed by atoms with Crippen LogP contribution in [-0.2, 0) is 20.9 Å².